The maximum Gasteiger partial charge on any atom is 0.333 e. The number of carbonyl (C=O) groups is 1. The van der Waals surface area contributed by atoms with Crippen LogP contribution >= 0.6 is 11.6 Å². The zero-order valence-corrected chi connectivity index (χ0v) is 17.6. The minimum Gasteiger partial charge on any atom is -0.388 e. The SMILES string of the molecule is C[C@H](NC(=O)c1cc(-c2ccc(Cl)cc2)nn(-c2cnn(C(F)F)c2)c1=O)C(C)(C)O. The van der Waals surface area contributed by atoms with E-state index >= 15 is 0 Å². The van der Waals surface area contributed by atoms with Crippen LogP contribution in [0.3, 0.4) is 0 Å². The molecular formula is C20H20ClF2N5O3. The molecule has 31 heavy (non-hydrogen) atoms. The van der Waals surface area contributed by atoms with Crippen LogP contribution < -0.4 is 10.9 Å². The summed E-state index contributed by atoms with van der Waals surface area (Å²) in [5.41, 5.74) is -1.59. The first-order valence-electron chi connectivity index (χ1n) is 9.23. The molecule has 2 N–H and O–H groups in total. The second-order valence-electron chi connectivity index (χ2n) is 7.47. The molecular weight excluding hydrogens is 432 g/mol. The molecule has 164 valence electrons. The second-order valence-corrected chi connectivity index (χ2v) is 7.91. The lowest BCUT2D eigenvalue weighted by atomic mass is 10.0. The molecule has 1 aromatic carbocycles. The Balaban J connectivity index is 2.14. The van der Waals surface area contributed by atoms with Crippen molar-refractivity contribution in [1.82, 2.24) is 24.9 Å². The van der Waals surface area contributed by atoms with Gasteiger partial charge in [0.1, 0.15) is 11.3 Å². The maximum absolute atomic E-state index is 13.0. The Labute approximate surface area is 181 Å². The lowest BCUT2D eigenvalue weighted by Gasteiger charge is -2.26. The summed E-state index contributed by atoms with van der Waals surface area (Å²) in [6.45, 7) is 1.71. The molecule has 0 aliphatic heterocycles. The molecule has 0 radical (unpaired) electrons. The molecule has 11 heteroatoms. The summed E-state index contributed by atoms with van der Waals surface area (Å²) in [5.74, 6) is -0.743. The molecule has 3 rings (SSSR count). The van der Waals surface area contributed by atoms with Crippen LogP contribution in [0.15, 0.2) is 47.5 Å². The first-order valence-corrected chi connectivity index (χ1v) is 9.61. The molecule has 0 aliphatic rings. The molecule has 2 aromatic heterocycles. The van der Waals surface area contributed by atoms with Gasteiger partial charge in [0.25, 0.3) is 11.5 Å². The molecule has 1 amide bonds. The Morgan fingerprint density at radius 3 is 2.45 bits per heavy atom. The highest BCUT2D eigenvalue weighted by molar-refractivity contribution is 6.30. The van der Waals surface area contributed by atoms with Gasteiger partial charge in [-0.3, -0.25) is 9.59 Å². The zero-order chi connectivity index (χ0) is 22.9. The molecule has 0 fully saturated rings. The van der Waals surface area contributed by atoms with Gasteiger partial charge in [0, 0.05) is 10.6 Å². The van der Waals surface area contributed by atoms with E-state index in [0.29, 0.717) is 15.3 Å². The van der Waals surface area contributed by atoms with Crippen LogP contribution in [0.1, 0.15) is 37.7 Å². The maximum atomic E-state index is 13.0. The topological polar surface area (TPSA) is 102 Å². The predicted molar refractivity (Wildman–Crippen MR) is 111 cm³/mol. The summed E-state index contributed by atoms with van der Waals surface area (Å²) in [6, 6.07) is 7.12. The van der Waals surface area contributed by atoms with Crippen molar-refractivity contribution in [3.8, 4) is 16.9 Å². The number of aromatic nitrogens is 4. The highest BCUT2D eigenvalue weighted by atomic mass is 35.5. The van der Waals surface area contributed by atoms with E-state index < -0.39 is 29.7 Å². The summed E-state index contributed by atoms with van der Waals surface area (Å²) in [5, 5.41) is 20.9. The van der Waals surface area contributed by atoms with Crippen molar-refractivity contribution in [2.45, 2.75) is 39.0 Å². The number of aliphatic hydroxyl groups is 1. The molecule has 8 nitrogen and oxygen atoms in total. The number of halogens is 3. The van der Waals surface area contributed by atoms with Crippen LogP contribution in [-0.2, 0) is 0 Å². The molecule has 0 bridgehead atoms. The monoisotopic (exact) mass is 451 g/mol. The fraction of sp³-hybridized carbons (Fsp3) is 0.300. The molecule has 0 saturated carbocycles. The normalized spacial score (nSPS) is 12.8. The zero-order valence-electron chi connectivity index (χ0n) is 16.9. The highest BCUT2D eigenvalue weighted by Gasteiger charge is 2.26. The van der Waals surface area contributed by atoms with Gasteiger partial charge in [-0.1, -0.05) is 23.7 Å². The van der Waals surface area contributed by atoms with E-state index in [9.17, 15) is 23.5 Å². The molecule has 2 heterocycles. The third-order valence-corrected chi connectivity index (χ3v) is 4.99. The lowest BCUT2D eigenvalue weighted by molar-refractivity contribution is 0.0408. The van der Waals surface area contributed by atoms with Crippen LogP contribution in [0.2, 0.25) is 5.02 Å². The number of amides is 1. The van der Waals surface area contributed by atoms with Crippen molar-refractivity contribution in [3.63, 3.8) is 0 Å². The van der Waals surface area contributed by atoms with Gasteiger partial charge < -0.3 is 10.4 Å². The van der Waals surface area contributed by atoms with Crippen molar-refractivity contribution < 1.29 is 18.7 Å². The van der Waals surface area contributed by atoms with Gasteiger partial charge in [-0.25, -0.2) is 4.68 Å². The van der Waals surface area contributed by atoms with Crippen LogP contribution in [0.4, 0.5) is 8.78 Å². The van der Waals surface area contributed by atoms with E-state index in [1.807, 2.05) is 0 Å². The molecule has 0 spiro atoms. The van der Waals surface area contributed by atoms with Crippen molar-refractivity contribution in [1.29, 1.82) is 0 Å². The van der Waals surface area contributed by atoms with E-state index in [1.54, 1.807) is 31.2 Å². The third-order valence-electron chi connectivity index (χ3n) is 4.74. The average molecular weight is 452 g/mol. The predicted octanol–water partition coefficient (Wildman–Crippen LogP) is 3.03. The van der Waals surface area contributed by atoms with Gasteiger partial charge >= 0.3 is 6.55 Å². The minimum atomic E-state index is -2.90. The van der Waals surface area contributed by atoms with Crippen LogP contribution in [-0.4, -0.2) is 42.2 Å². The summed E-state index contributed by atoms with van der Waals surface area (Å²) in [7, 11) is 0. The van der Waals surface area contributed by atoms with Gasteiger partial charge in [0.15, 0.2) is 0 Å². The van der Waals surface area contributed by atoms with Gasteiger partial charge in [-0.05, 0) is 39.0 Å². The fourth-order valence-electron chi connectivity index (χ4n) is 2.59. The van der Waals surface area contributed by atoms with Crippen LogP contribution in [0, 0.1) is 0 Å². The van der Waals surface area contributed by atoms with E-state index in [4.69, 9.17) is 11.6 Å². The molecule has 1 atom stereocenters. The number of nitrogens with zero attached hydrogens (tertiary/aromatic N) is 4. The van der Waals surface area contributed by atoms with Gasteiger partial charge in [0.2, 0.25) is 0 Å². The number of benzene rings is 1. The quantitative estimate of drug-likeness (QED) is 0.599. The minimum absolute atomic E-state index is 0.0364. The standard InChI is InChI=1S/C20H20ClF2N5O3/c1-11(20(2,3)31)25-17(29)15-8-16(12-4-6-13(21)7-5-12)26-28(18(15)30)14-9-24-27(10-14)19(22)23/h4-11,19,31H,1-3H3,(H,25,29)/t11-/m0/s1. The van der Waals surface area contributed by atoms with Crippen molar-refractivity contribution >= 4 is 17.5 Å². The Morgan fingerprint density at radius 1 is 1.26 bits per heavy atom. The molecule has 3 aromatic rings. The van der Waals surface area contributed by atoms with Gasteiger partial charge in [-0.2, -0.15) is 23.7 Å². The Bertz CT molecular complexity index is 1150. The van der Waals surface area contributed by atoms with E-state index in [0.717, 1.165) is 17.1 Å². The van der Waals surface area contributed by atoms with Gasteiger partial charge in [0.05, 0.1) is 29.7 Å². The smallest absolute Gasteiger partial charge is 0.333 e. The Hall–Kier alpha value is -3.11. The van der Waals surface area contributed by atoms with Gasteiger partial charge in [-0.15, -0.1) is 0 Å². The summed E-state index contributed by atoms with van der Waals surface area (Å²) >= 11 is 5.92. The summed E-state index contributed by atoms with van der Waals surface area (Å²) in [6.07, 6.45) is 2.00. The Kier molecular flexibility index (Phi) is 6.23. The Morgan fingerprint density at radius 2 is 1.90 bits per heavy atom. The van der Waals surface area contributed by atoms with Crippen LogP contribution in [0.25, 0.3) is 16.9 Å². The number of carbonyl (C=O) groups excluding carboxylic acids is 1. The van der Waals surface area contributed by atoms with E-state index in [-0.39, 0.29) is 16.9 Å². The second kappa shape index (κ2) is 8.56. The number of nitrogens with one attached hydrogen (secondary N) is 1. The average Bonchev–Trinajstić information content (AvgIpc) is 3.18. The number of hydrogen-bond donors (Lipinski definition) is 2. The van der Waals surface area contributed by atoms with E-state index in [2.05, 4.69) is 15.5 Å². The number of hydrogen-bond acceptors (Lipinski definition) is 5. The first-order chi connectivity index (χ1) is 14.5. The molecule has 0 unspecified atom stereocenters. The molecule has 0 aliphatic carbocycles. The highest BCUT2D eigenvalue weighted by Crippen LogP contribution is 2.21. The van der Waals surface area contributed by atoms with E-state index in [1.165, 1.54) is 19.9 Å². The first kappa shape index (κ1) is 22.6. The molecule has 0 saturated heterocycles. The number of alkyl halides is 2. The largest absolute Gasteiger partial charge is 0.388 e. The number of rotatable bonds is 6. The lowest BCUT2D eigenvalue weighted by Crippen LogP contribution is -2.48. The summed E-state index contributed by atoms with van der Waals surface area (Å²) in [4.78, 5) is 25.8. The third kappa shape index (κ3) is 4.97. The van der Waals surface area contributed by atoms with Crippen LogP contribution in [0.5, 0.6) is 0 Å². The van der Waals surface area contributed by atoms with Crippen molar-refractivity contribution in [3.05, 3.63) is 63.7 Å². The van der Waals surface area contributed by atoms with Crippen molar-refractivity contribution in [2.24, 2.45) is 0 Å². The summed E-state index contributed by atoms with van der Waals surface area (Å²) < 4.78 is 27.1. The van der Waals surface area contributed by atoms with Crippen molar-refractivity contribution in [2.75, 3.05) is 0 Å². The fourth-order valence-corrected chi connectivity index (χ4v) is 2.72.